The fraction of sp³-hybridized carbons (Fsp3) is 0.524. The first kappa shape index (κ1) is 18.5. The molecule has 1 atom stereocenters. The molecule has 1 unspecified atom stereocenters. The lowest BCUT2D eigenvalue weighted by molar-refractivity contribution is 0.442. The van der Waals surface area contributed by atoms with Gasteiger partial charge in [0.15, 0.2) is 0 Å². The van der Waals surface area contributed by atoms with Gasteiger partial charge in [-0.2, -0.15) is 4.98 Å². The van der Waals surface area contributed by atoms with E-state index in [-0.39, 0.29) is 0 Å². The standard InChI is InChI=1S/C21H31N5/c1-5-25(6-2)19-11-9-18(10-12-19)23-20-14-17(4)22-21(24-20)26-13-7-8-16(3)15-26/h9-12,14,16H,5-8,13,15H2,1-4H3,(H,22,23,24). The maximum Gasteiger partial charge on any atom is 0.227 e. The Balaban J connectivity index is 1.75. The van der Waals surface area contributed by atoms with Crippen molar-refractivity contribution in [3.63, 3.8) is 0 Å². The predicted molar refractivity (Wildman–Crippen MR) is 111 cm³/mol. The highest BCUT2D eigenvalue weighted by atomic mass is 15.3. The minimum atomic E-state index is 0.705. The number of anilines is 4. The molecule has 26 heavy (non-hydrogen) atoms. The molecule has 1 aliphatic rings. The smallest absolute Gasteiger partial charge is 0.227 e. The van der Waals surface area contributed by atoms with Gasteiger partial charge in [-0.3, -0.25) is 0 Å². The van der Waals surface area contributed by atoms with Gasteiger partial charge in [0.05, 0.1) is 0 Å². The minimum Gasteiger partial charge on any atom is -0.372 e. The summed E-state index contributed by atoms with van der Waals surface area (Å²) in [7, 11) is 0. The van der Waals surface area contributed by atoms with E-state index in [4.69, 9.17) is 4.98 Å². The molecule has 1 aliphatic heterocycles. The van der Waals surface area contributed by atoms with Crippen LogP contribution >= 0.6 is 0 Å². The normalized spacial score (nSPS) is 17.2. The van der Waals surface area contributed by atoms with E-state index >= 15 is 0 Å². The summed E-state index contributed by atoms with van der Waals surface area (Å²) in [6.45, 7) is 12.8. The summed E-state index contributed by atoms with van der Waals surface area (Å²) in [5.41, 5.74) is 3.30. The molecule has 0 bridgehead atoms. The average molecular weight is 354 g/mol. The van der Waals surface area contributed by atoms with Crippen molar-refractivity contribution in [3.8, 4) is 0 Å². The molecule has 2 heterocycles. The van der Waals surface area contributed by atoms with E-state index in [2.05, 4.69) is 65.1 Å². The van der Waals surface area contributed by atoms with E-state index < -0.39 is 0 Å². The minimum absolute atomic E-state index is 0.705. The van der Waals surface area contributed by atoms with Crippen LogP contribution in [0.1, 0.15) is 39.3 Å². The fourth-order valence-electron chi connectivity index (χ4n) is 3.62. The van der Waals surface area contributed by atoms with Gasteiger partial charge in [0.1, 0.15) is 5.82 Å². The van der Waals surface area contributed by atoms with Gasteiger partial charge in [0.25, 0.3) is 0 Å². The van der Waals surface area contributed by atoms with Crippen molar-refractivity contribution in [1.29, 1.82) is 0 Å². The molecule has 1 N–H and O–H groups in total. The molecule has 0 spiro atoms. The third kappa shape index (κ3) is 4.45. The zero-order valence-corrected chi connectivity index (χ0v) is 16.5. The van der Waals surface area contributed by atoms with E-state index in [1.807, 2.05) is 13.0 Å². The third-order valence-corrected chi connectivity index (χ3v) is 5.05. The Bertz CT molecular complexity index is 709. The third-order valence-electron chi connectivity index (χ3n) is 5.05. The highest BCUT2D eigenvalue weighted by Crippen LogP contribution is 2.24. The zero-order chi connectivity index (χ0) is 18.5. The number of hydrogen-bond acceptors (Lipinski definition) is 5. The molecule has 2 aromatic rings. The monoisotopic (exact) mass is 353 g/mol. The van der Waals surface area contributed by atoms with E-state index in [1.54, 1.807) is 0 Å². The highest BCUT2D eigenvalue weighted by Gasteiger charge is 2.19. The van der Waals surface area contributed by atoms with Crippen LogP contribution in [0.4, 0.5) is 23.1 Å². The van der Waals surface area contributed by atoms with Crippen molar-refractivity contribution >= 4 is 23.1 Å². The van der Waals surface area contributed by atoms with Crippen LogP contribution in [0.25, 0.3) is 0 Å². The summed E-state index contributed by atoms with van der Waals surface area (Å²) in [4.78, 5) is 14.1. The molecule has 0 radical (unpaired) electrons. The molecular weight excluding hydrogens is 322 g/mol. The van der Waals surface area contributed by atoms with Gasteiger partial charge < -0.3 is 15.1 Å². The molecule has 5 heteroatoms. The largest absolute Gasteiger partial charge is 0.372 e. The Labute approximate surface area is 157 Å². The lowest BCUT2D eigenvalue weighted by atomic mass is 10.0. The lowest BCUT2D eigenvalue weighted by Gasteiger charge is -2.31. The second-order valence-electron chi connectivity index (χ2n) is 7.23. The summed E-state index contributed by atoms with van der Waals surface area (Å²) >= 11 is 0. The quantitative estimate of drug-likeness (QED) is 0.821. The van der Waals surface area contributed by atoms with Crippen LogP contribution in [0, 0.1) is 12.8 Å². The van der Waals surface area contributed by atoms with E-state index in [9.17, 15) is 0 Å². The van der Waals surface area contributed by atoms with Crippen molar-refractivity contribution < 1.29 is 0 Å². The molecule has 1 fully saturated rings. The van der Waals surface area contributed by atoms with Crippen LogP contribution in [0.5, 0.6) is 0 Å². The Morgan fingerprint density at radius 2 is 1.88 bits per heavy atom. The second kappa shape index (κ2) is 8.39. The number of rotatable bonds is 6. The van der Waals surface area contributed by atoms with E-state index in [0.717, 1.165) is 49.3 Å². The Kier molecular flexibility index (Phi) is 5.96. The van der Waals surface area contributed by atoms with E-state index in [1.165, 1.54) is 18.5 Å². The number of aryl methyl sites for hydroxylation is 1. The van der Waals surface area contributed by atoms with Gasteiger partial charge in [-0.1, -0.05) is 6.92 Å². The second-order valence-corrected chi connectivity index (χ2v) is 7.23. The summed E-state index contributed by atoms with van der Waals surface area (Å²) in [6, 6.07) is 10.6. The van der Waals surface area contributed by atoms with Crippen LogP contribution in [-0.2, 0) is 0 Å². The summed E-state index contributed by atoms with van der Waals surface area (Å²) in [6.07, 6.45) is 2.51. The molecule has 1 saturated heterocycles. The van der Waals surface area contributed by atoms with Gasteiger partial charge in [0.2, 0.25) is 5.95 Å². The van der Waals surface area contributed by atoms with Crippen molar-refractivity contribution in [2.24, 2.45) is 5.92 Å². The van der Waals surface area contributed by atoms with Crippen LogP contribution in [0.2, 0.25) is 0 Å². The summed E-state index contributed by atoms with van der Waals surface area (Å²) < 4.78 is 0. The Hall–Kier alpha value is -2.30. The van der Waals surface area contributed by atoms with Gasteiger partial charge in [-0.05, 0) is 63.8 Å². The molecule has 0 saturated carbocycles. The number of nitrogens with zero attached hydrogens (tertiary/aromatic N) is 4. The summed E-state index contributed by atoms with van der Waals surface area (Å²) in [5.74, 6) is 2.41. The first-order valence-corrected chi connectivity index (χ1v) is 9.81. The number of aromatic nitrogens is 2. The van der Waals surface area contributed by atoms with Gasteiger partial charge in [-0.15, -0.1) is 0 Å². The Morgan fingerprint density at radius 1 is 1.15 bits per heavy atom. The number of hydrogen-bond donors (Lipinski definition) is 1. The Morgan fingerprint density at radius 3 is 2.54 bits per heavy atom. The average Bonchev–Trinajstić information content (AvgIpc) is 2.64. The van der Waals surface area contributed by atoms with E-state index in [0.29, 0.717) is 5.92 Å². The van der Waals surface area contributed by atoms with Crippen LogP contribution in [-0.4, -0.2) is 36.1 Å². The first-order valence-electron chi connectivity index (χ1n) is 9.81. The van der Waals surface area contributed by atoms with Crippen molar-refractivity contribution in [2.45, 2.75) is 40.5 Å². The molecule has 3 rings (SSSR count). The maximum absolute atomic E-state index is 4.77. The fourth-order valence-corrected chi connectivity index (χ4v) is 3.62. The maximum atomic E-state index is 4.77. The predicted octanol–water partition coefficient (Wildman–Crippen LogP) is 4.61. The topological polar surface area (TPSA) is 44.3 Å². The molecule has 1 aromatic heterocycles. The van der Waals surface area contributed by atoms with Crippen LogP contribution < -0.4 is 15.1 Å². The van der Waals surface area contributed by atoms with Gasteiger partial charge in [-0.25, -0.2) is 4.98 Å². The number of nitrogens with one attached hydrogen (secondary N) is 1. The van der Waals surface area contributed by atoms with Crippen molar-refractivity contribution in [3.05, 3.63) is 36.0 Å². The first-order chi connectivity index (χ1) is 12.6. The van der Waals surface area contributed by atoms with Gasteiger partial charge in [0, 0.05) is 49.3 Å². The molecule has 140 valence electrons. The van der Waals surface area contributed by atoms with Crippen LogP contribution in [0.15, 0.2) is 30.3 Å². The number of benzene rings is 1. The molecule has 0 amide bonds. The molecule has 5 nitrogen and oxygen atoms in total. The molecule has 0 aliphatic carbocycles. The SMILES string of the molecule is CCN(CC)c1ccc(Nc2cc(C)nc(N3CCCC(C)C3)n2)cc1. The van der Waals surface area contributed by atoms with Crippen molar-refractivity contribution in [1.82, 2.24) is 9.97 Å². The lowest BCUT2D eigenvalue weighted by Crippen LogP contribution is -2.35. The number of piperidine rings is 1. The molecular formula is C21H31N5. The zero-order valence-electron chi connectivity index (χ0n) is 16.5. The van der Waals surface area contributed by atoms with Crippen molar-refractivity contribution in [2.75, 3.05) is 41.3 Å². The van der Waals surface area contributed by atoms with Gasteiger partial charge >= 0.3 is 0 Å². The highest BCUT2D eigenvalue weighted by molar-refractivity contribution is 5.61. The molecule has 1 aromatic carbocycles. The summed E-state index contributed by atoms with van der Waals surface area (Å²) in [5, 5.41) is 3.44. The van der Waals surface area contributed by atoms with Crippen LogP contribution in [0.3, 0.4) is 0 Å².